The molecule has 7 heteroatoms. The summed E-state index contributed by atoms with van der Waals surface area (Å²) in [5.74, 6) is 2.03. The van der Waals surface area contributed by atoms with E-state index < -0.39 is 0 Å². The van der Waals surface area contributed by atoms with Crippen LogP contribution in [0, 0.1) is 5.92 Å². The van der Waals surface area contributed by atoms with Crippen LogP contribution >= 0.6 is 23.8 Å². The van der Waals surface area contributed by atoms with Crippen LogP contribution in [0.15, 0.2) is 36.4 Å². The molecular formula is C19H24ClN5S. The van der Waals surface area contributed by atoms with Crippen molar-refractivity contribution < 1.29 is 0 Å². The number of aromatic nitrogens is 2. The standard InChI is InChI=1S/C19H24ClN5S/c1-13-8-10-25(11-9-13)17-12-16(20)22-18(23-17)24-19(26)21-14(2)15-6-4-3-5-7-15/h3-7,12-14H,8-11H2,1-2H3,(H2,21,22,23,24,26)/t14-/m0/s1. The van der Waals surface area contributed by atoms with Crippen LogP contribution in [-0.2, 0) is 0 Å². The first-order valence-electron chi connectivity index (χ1n) is 8.93. The predicted octanol–water partition coefficient (Wildman–Crippen LogP) is 4.41. The molecule has 2 heterocycles. The SMILES string of the molecule is CC1CCN(c2cc(Cl)nc(NC(=S)N[C@@H](C)c3ccccc3)n2)CC1. The van der Waals surface area contributed by atoms with Crippen molar-refractivity contribution in [1.29, 1.82) is 0 Å². The van der Waals surface area contributed by atoms with Gasteiger partial charge in [0.25, 0.3) is 0 Å². The number of benzene rings is 1. The molecule has 26 heavy (non-hydrogen) atoms. The zero-order valence-electron chi connectivity index (χ0n) is 15.1. The molecule has 3 rings (SSSR count). The van der Waals surface area contributed by atoms with Gasteiger partial charge in [0.15, 0.2) is 5.11 Å². The van der Waals surface area contributed by atoms with E-state index in [1.165, 1.54) is 12.8 Å². The summed E-state index contributed by atoms with van der Waals surface area (Å²) in [6.45, 7) is 6.32. The highest BCUT2D eigenvalue weighted by molar-refractivity contribution is 7.80. The van der Waals surface area contributed by atoms with Gasteiger partial charge in [0.1, 0.15) is 11.0 Å². The first-order chi connectivity index (χ1) is 12.5. The van der Waals surface area contributed by atoms with E-state index in [1.54, 1.807) is 0 Å². The van der Waals surface area contributed by atoms with E-state index in [0.29, 0.717) is 16.2 Å². The van der Waals surface area contributed by atoms with E-state index in [-0.39, 0.29) is 6.04 Å². The van der Waals surface area contributed by atoms with E-state index in [2.05, 4.69) is 51.5 Å². The third-order valence-electron chi connectivity index (χ3n) is 4.66. The monoisotopic (exact) mass is 389 g/mol. The van der Waals surface area contributed by atoms with Crippen molar-refractivity contribution in [3.8, 4) is 0 Å². The Bertz CT molecular complexity index is 747. The molecule has 0 radical (unpaired) electrons. The summed E-state index contributed by atoms with van der Waals surface area (Å²) in [5, 5.41) is 7.20. The summed E-state index contributed by atoms with van der Waals surface area (Å²) >= 11 is 11.6. The second kappa shape index (κ2) is 8.64. The molecule has 2 aromatic rings. The Morgan fingerprint density at radius 1 is 1.23 bits per heavy atom. The minimum atomic E-state index is 0.0819. The Kier molecular flexibility index (Phi) is 6.27. The summed E-state index contributed by atoms with van der Waals surface area (Å²) in [7, 11) is 0. The Labute approximate surface area is 165 Å². The molecule has 0 bridgehead atoms. The van der Waals surface area contributed by atoms with Gasteiger partial charge in [0, 0.05) is 19.2 Å². The molecule has 1 aliphatic rings. The van der Waals surface area contributed by atoms with E-state index in [1.807, 2.05) is 24.3 Å². The average molecular weight is 390 g/mol. The van der Waals surface area contributed by atoms with Gasteiger partial charge in [0.2, 0.25) is 5.95 Å². The first kappa shape index (κ1) is 18.9. The molecule has 0 aliphatic carbocycles. The number of anilines is 2. The number of thiocarbonyl (C=S) groups is 1. The highest BCUT2D eigenvalue weighted by Gasteiger charge is 2.18. The molecule has 0 amide bonds. The molecule has 2 N–H and O–H groups in total. The number of piperidine rings is 1. The highest BCUT2D eigenvalue weighted by atomic mass is 35.5. The number of hydrogen-bond donors (Lipinski definition) is 2. The van der Waals surface area contributed by atoms with Gasteiger partial charge in [-0.25, -0.2) is 4.98 Å². The van der Waals surface area contributed by atoms with Gasteiger partial charge in [-0.2, -0.15) is 4.98 Å². The van der Waals surface area contributed by atoms with Gasteiger partial charge < -0.3 is 15.5 Å². The Balaban J connectivity index is 1.64. The van der Waals surface area contributed by atoms with Gasteiger partial charge in [-0.15, -0.1) is 0 Å². The largest absolute Gasteiger partial charge is 0.356 e. The van der Waals surface area contributed by atoms with Crippen LogP contribution in [0.4, 0.5) is 11.8 Å². The maximum absolute atomic E-state index is 6.20. The fourth-order valence-corrected chi connectivity index (χ4v) is 3.47. The summed E-state index contributed by atoms with van der Waals surface area (Å²) < 4.78 is 0. The maximum atomic E-state index is 6.20. The van der Waals surface area contributed by atoms with Crippen LogP contribution in [-0.4, -0.2) is 28.2 Å². The van der Waals surface area contributed by atoms with Crippen molar-refractivity contribution in [3.63, 3.8) is 0 Å². The third-order valence-corrected chi connectivity index (χ3v) is 5.08. The molecule has 138 valence electrons. The zero-order chi connectivity index (χ0) is 18.5. The third kappa shape index (κ3) is 5.05. The van der Waals surface area contributed by atoms with E-state index >= 15 is 0 Å². The smallest absolute Gasteiger partial charge is 0.232 e. The van der Waals surface area contributed by atoms with Crippen molar-refractivity contribution in [3.05, 3.63) is 47.1 Å². The van der Waals surface area contributed by atoms with Crippen molar-refractivity contribution >= 4 is 40.7 Å². The summed E-state index contributed by atoms with van der Waals surface area (Å²) in [6.07, 6.45) is 2.33. The quantitative estimate of drug-likeness (QED) is 0.596. The van der Waals surface area contributed by atoms with Gasteiger partial charge in [-0.1, -0.05) is 48.9 Å². The predicted molar refractivity (Wildman–Crippen MR) is 112 cm³/mol. The summed E-state index contributed by atoms with van der Waals surface area (Å²) in [5.41, 5.74) is 1.16. The van der Waals surface area contributed by atoms with Gasteiger partial charge >= 0.3 is 0 Å². The number of nitrogens with one attached hydrogen (secondary N) is 2. The van der Waals surface area contributed by atoms with E-state index in [9.17, 15) is 0 Å². The minimum absolute atomic E-state index is 0.0819. The molecular weight excluding hydrogens is 366 g/mol. The normalized spacial score (nSPS) is 16.2. The fourth-order valence-electron chi connectivity index (χ4n) is 3.02. The molecule has 1 saturated heterocycles. The average Bonchev–Trinajstić information content (AvgIpc) is 2.62. The zero-order valence-corrected chi connectivity index (χ0v) is 16.6. The molecule has 1 aromatic heterocycles. The van der Waals surface area contributed by atoms with Gasteiger partial charge in [0.05, 0.1) is 6.04 Å². The second-order valence-electron chi connectivity index (χ2n) is 6.77. The maximum Gasteiger partial charge on any atom is 0.232 e. The lowest BCUT2D eigenvalue weighted by atomic mass is 9.99. The number of halogens is 1. The molecule has 1 fully saturated rings. The molecule has 1 atom stereocenters. The van der Waals surface area contributed by atoms with Crippen LogP contribution in [0.1, 0.15) is 38.3 Å². The lowest BCUT2D eigenvalue weighted by Crippen LogP contribution is -2.34. The topological polar surface area (TPSA) is 53.1 Å². The molecule has 0 unspecified atom stereocenters. The summed E-state index contributed by atoms with van der Waals surface area (Å²) in [6, 6.07) is 12.0. The number of rotatable bonds is 4. The minimum Gasteiger partial charge on any atom is -0.356 e. The van der Waals surface area contributed by atoms with Crippen LogP contribution in [0.25, 0.3) is 0 Å². The van der Waals surface area contributed by atoms with Crippen LogP contribution < -0.4 is 15.5 Å². The molecule has 5 nitrogen and oxygen atoms in total. The Morgan fingerprint density at radius 3 is 2.62 bits per heavy atom. The lowest BCUT2D eigenvalue weighted by Gasteiger charge is -2.31. The van der Waals surface area contributed by atoms with Crippen LogP contribution in [0.2, 0.25) is 5.15 Å². The Hall–Kier alpha value is -1.92. The van der Waals surface area contributed by atoms with E-state index in [4.69, 9.17) is 23.8 Å². The van der Waals surface area contributed by atoms with Crippen molar-refractivity contribution in [2.45, 2.75) is 32.7 Å². The van der Waals surface area contributed by atoms with Crippen molar-refractivity contribution in [2.75, 3.05) is 23.3 Å². The molecule has 1 aliphatic heterocycles. The number of nitrogens with zero attached hydrogens (tertiary/aromatic N) is 3. The van der Waals surface area contributed by atoms with Gasteiger partial charge in [-0.3, -0.25) is 0 Å². The van der Waals surface area contributed by atoms with Gasteiger partial charge in [-0.05, 0) is 43.5 Å². The Morgan fingerprint density at radius 2 is 1.92 bits per heavy atom. The lowest BCUT2D eigenvalue weighted by molar-refractivity contribution is 0.436. The van der Waals surface area contributed by atoms with E-state index in [0.717, 1.165) is 30.4 Å². The number of hydrogen-bond acceptors (Lipinski definition) is 4. The molecule has 0 saturated carbocycles. The molecule has 1 aromatic carbocycles. The summed E-state index contributed by atoms with van der Waals surface area (Å²) in [4.78, 5) is 11.1. The second-order valence-corrected chi connectivity index (χ2v) is 7.57. The first-order valence-corrected chi connectivity index (χ1v) is 9.72. The van der Waals surface area contributed by atoms with Crippen LogP contribution in [0.3, 0.4) is 0 Å². The highest BCUT2D eigenvalue weighted by Crippen LogP contribution is 2.24. The van der Waals surface area contributed by atoms with Crippen LogP contribution in [0.5, 0.6) is 0 Å². The van der Waals surface area contributed by atoms with Crippen molar-refractivity contribution in [2.24, 2.45) is 5.92 Å². The molecule has 0 spiro atoms. The van der Waals surface area contributed by atoms with Crippen molar-refractivity contribution in [1.82, 2.24) is 15.3 Å². The fraction of sp³-hybridized carbons (Fsp3) is 0.421.